The topological polar surface area (TPSA) is 155 Å². The van der Waals surface area contributed by atoms with Crippen LogP contribution in [0.2, 0.25) is 0 Å². The van der Waals surface area contributed by atoms with Crippen molar-refractivity contribution >= 4 is 43.3 Å². The van der Waals surface area contributed by atoms with Gasteiger partial charge < -0.3 is 19.3 Å². The standard InChI is InChI=1S/2C7H8O4S.Mg/c2*1-5-3-2-4-6(8)7(5)12(9,10)11;/h2*2-4,8H,1H3,(H,9,10,11);/q;;+2/p-2. The summed E-state index contributed by atoms with van der Waals surface area (Å²) in [5.41, 5.74) is 0.509. The summed E-state index contributed by atoms with van der Waals surface area (Å²) in [6.45, 7) is 2.90. The van der Waals surface area contributed by atoms with Crippen LogP contribution in [0.1, 0.15) is 11.1 Å². The molecule has 0 spiro atoms. The number of rotatable bonds is 2. The average Bonchev–Trinajstić information content (AvgIpc) is 2.35. The molecule has 0 heterocycles. The molecule has 0 atom stereocenters. The van der Waals surface area contributed by atoms with E-state index in [4.69, 9.17) is 10.2 Å². The predicted octanol–water partition coefficient (Wildman–Crippen LogP) is 0.829. The zero-order valence-corrected chi connectivity index (χ0v) is 16.4. The molecule has 0 aliphatic carbocycles. The van der Waals surface area contributed by atoms with E-state index in [1.807, 2.05) is 0 Å². The fourth-order valence-corrected chi connectivity index (χ4v) is 3.50. The fraction of sp³-hybridized carbons (Fsp3) is 0.143. The van der Waals surface area contributed by atoms with Gasteiger partial charge in [-0.05, 0) is 37.1 Å². The number of aryl methyl sites for hydroxylation is 2. The zero-order chi connectivity index (χ0) is 18.7. The predicted molar refractivity (Wildman–Crippen MR) is 87.4 cm³/mol. The Labute approximate surface area is 161 Å². The van der Waals surface area contributed by atoms with Crippen LogP contribution in [0.3, 0.4) is 0 Å². The van der Waals surface area contributed by atoms with Crippen LogP contribution in [-0.2, 0) is 20.2 Å². The van der Waals surface area contributed by atoms with Gasteiger partial charge in [0.25, 0.3) is 0 Å². The van der Waals surface area contributed by atoms with Crippen molar-refractivity contribution in [1.82, 2.24) is 0 Å². The first-order chi connectivity index (χ1) is 10.9. The summed E-state index contributed by atoms with van der Waals surface area (Å²) in [6.07, 6.45) is 0. The molecule has 2 rings (SSSR count). The average molecular weight is 399 g/mol. The molecule has 132 valence electrons. The molecule has 2 N–H and O–H groups in total. The largest absolute Gasteiger partial charge is 2.00 e. The minimum atomic E-state index is -4.56. The molecule has 8 nitrogen and oxygen atoms in total. The molecule has 0 saturated heterocycles. The molecular weight excluding hydrogens is 385 g/mol. The van der Waals surface area contributed by atoms with Gasteiger partial charge >= 0.3 is 23.1 Å². The van der Waals surface area contributed by atoms with Crippen molar-refractivity contribution in [2.45, 2.75) is 23.6 Å². The number of hydrogen-bond acceptors (Lipinski definition) is 8. The monoisotopic (exact) mass is 398 g/mol. The van der Waals surface area contributed by atoms with Gasteiger partial charge in [0, 0.05) is 0 Å². The van der Waals surface area contributed by atoms with E-state index in [0.29, 0.717) is 0 Å². The van der Waals surface area contributed by atoms with Crippen LogP contribution in [0, 0.1) is 13.8 Å². The third-order valence-corrected chi connectivity index (χ3v) is 4.94. The molecule has 0 bridgehead atoms. The first-order valence-corrected chi connectivity index (χ1v) is 9.16. The van der Waals surface area contributed by atoms with E-state index < -0.39 is 41.5 Å². The molecule has 2 aromatic carbocycles. The van der Waals surface area contributed by atoms with Gasteiger partial charge in [-0.1, -0.05) is 24.3 Å². The Balaban J connectivity index is 0.000000443. The Morgan fingerprint density at radius 2 is 1.00 bits per heavy atom. The van der Waals surface area contributed by atoms with Crippen LogP contribution in [0.15, 0.2) is 46.2 Å². The quantitative estimate of drug-likeness (QED) is 0.556. The molecule has 0 saturated carbocycles. The second kappa shape index (κ2) is 8.83. The maximum Gasteiger partial charge on any atom is 2.00 e. The third-order valence-electron chi connectivity index (χ3n) is 2.88. The van der Waals surface area contributed by atoms with Crippen LogP contribution in [0.4, 0.5) is 0 Å². The number of phenols is 2. The summed E-state index contributed by atoms with van der Waals surface area (Å²) >= 11 is 0. The summed E-state index contributed by atoms with van der Waals surface area (Å²) in [5, 5.41) is 18.1. The van der Waals surface area contributed by atoms with Gasteiger partial charge in [-0.3, -0.25) is 0 Å². The molecule has 25 heavy (non-hydrogen) atoms. The summed E-state index contributed by atoms with van der Waals surface area (Å²) in [7, 11) is -9.13. The summed E-state index contributed by atoms with van der Waals surface area (Å²) in [5.74, 6) is -0.991. The van der Waals surface area contributed by atoms with E-state index in [2.05, 4.69) is 0 Å². The first-order valence-electron chi connectivity index (χ1n) is 6.34. The van der Waals surface area contributed by atoms with E-state index in [-0.39, 0.29) is 34.2 Å². The van der Waals surface area contributed by atoms with Crippen molar-refractivity contribution in [2.75, 3.05) is 0 Å². The Morgan fingerprint density at radius 1 is 0.720 bits per heavy atom. The number of phenolic OH excluding ortho intramolecular Hbond substituents is 2. The van der Waals surface area contributed by atoms with Crippen molar-refractivity contribution in [2.24, 2.45) is 0 Å². The molecule has 2 aromatic rings. The molecule has 0 amide bonds. The molecule has 0 aliphatic heterocycles. The van der Waals surface area contributed by atoms with Crippen molar-refractivity contribution in [3.63, 3.8) is 0 Å². The molecule has 0 radical (unpaired) electrons. The van der Waals surface area contributed by atoms with Gasteiger partial charge in [0.15, 0.2) is 0 Å². The van der Waals surface area contributed by atoms with E-state index in [1.165, 1.54) is 38.1 Å². The van der Waals surface area contributed by atoms with Gasteiger partial charge in [-0.15, -0.1) is 0 Å². The van der Waals surface area contributed by atoms with Crippen LogP contribution in [-0.4, -0.2) is 59.2 Å². The zero-order valence-electron chi connectivity index (χ0n) is 13.3. The van der Waals surface area contributed by atoms with Crippen molar-refractivity contribution < 1.29 is 36.2 Å². The third kappa shape index (κ3) is 6.45. The maximum atomic E-state index is 10.6. The fourth-order valence-electron chi connectivity index (χ4n) is 1.92. The van der Waals surface area contributed by atoms with Gasteiger partial charge in [0.1, 0.15) is 31.7 Å². The smallest absolute Gasteiger partial charge is 0.744 e. The first kappa shape index (κ1) is 23.6. The Morgan fingerprint density at radius 3 is 1.16 bits per heavy atom. The second-order valence-corrected chi connectivity index (χ2v) is 7.39. The second-order valence-electron chi connectivity index (χ2n) is 4.75. The van der Waals surface area contributed by atoms with Gasteiger partial charge in [0.05, 0.1) is 9.79 Å². The van der Waals surface area contributed by atoms with E-state index in [0.717, 1.165) is 12.1 Å². The van der Waals surface area contributed by atoms with Crippen molar-refractivity contribution in [3.05, 3.63) is 47.5 Å². The normalized spacial score (nSPS) is 11.0. The molecule has 0 unspecified atom stereocenters. The van der Waals surface area contributed by atoms with Crippen LogP contribution in [0.25, 0.3) is 0 Å². The van der Waals surface area contributed by atoms with Crippen LogP contribution < -0.4 is 0 Å². The summed E-state index contributed by atoms with van der Waals surface area (Å²) in [4.78, 5) is -1.07. The Kier molecular flexibility index (Phi) is 8.34. The van der Waals surface area contributed by atoms with Gasteiger partial charge in [-0.25, -0.2) is 16.8 Å². The van der Waals surface area contributed by atoms with Crippen molar-refractivity contribution in [1.29, 1.82) is 0 Å². The molecule has 11 heteroatoms. The summed E-state index contributed by atoms with van der Waals surface area (Å²) < 4.78 is 63.4. The van der Waals surface area contributed by atoms with Crippen LogP contribution >= 0.6 is 0 Å². The van der Waals surface area contributed by atoms with Crippen molar-refractivity contribution in [3.8, 4) is 11.5 Å². The Bertz CT molecular complexity index is 833. The van der Waals surface area contributed by atoms with E-state index in [1.54, 1.807) is 0 Å². The maximum absolute atomic E-state index is 10.6. The van der Waals surface area contributed by atoms with Crippen LogP contribution in [0.5, 0.6) is 11.5 Å². The molecule has 0 aliphatic rings. The van der Waals surface area contributed by atoms with E-state index >= 15 is 0 Å². The number of benzene rings is 2. The molecule has 0 fully saturated rings. The summed E-state index contributed by atoms with van der Waals surface area (Å²) in [6, 6.07) is 8.17. The van der Waals surface area contributed by atoms with E-state index in [9.17, 15) is 25.9 Å². The van der Waals surface area contributed by atoms with Gasteiger partial charge in [0.2, 0.25) is 0 Å². The minimum Gasteiger partial charge on any atom is -0.744 e. The molecule has 0 aromatic heterocycles. The number of aromatic hydroxyl groups is 2. The Hall–Kier alpha value is -1.37. The molecular formula is C14H14MgO8S2. The SMILES string of the molecule is Cc1cccc(O)c1S(=O)(=O)[O-].Cc1cccc(O)c1S(=O)(=O)[O-].[Mg+2]. The number of hydrogen-bond donors (Lipinski definition) is 2. The van der Waals surface area contributed by atoms with Gasteiger partial charge in [-0.2, -0.15) is 0 Å². The minimum absolute atomic E-state index is 0.